The zero-order valence-corrected chi connectivity index (χ0v) is 20.1. The fourth-order valence-electron chi connectivity index (χ4n) is 4.64. The van der Waals surface area contributed by atoms with E-state index in [2.05, 4.69) is 44.9 Å². The van der Waals surface area contributed by atoms with Gasteiger partial charge in [0.1, 0.15) is 11.3 Å². The van der Waals surface area contributed by atoms with Crippen LogP contribution in [-0.4, -0.2) is 50.9 Å². The molecular formula is C26H30N6O3. The molecule has 1 N–H and O–H groups in total. The molecule has 0 saturated carbocycles. The van der Waals surface area contributed by atoms with Crippen LogP contribution in [0.3, 0.4) is 0 Å². The van der Waals surface area contributed by atoms with E-state index in [1.807, 2.05) is 30.0 Å². The molecule has 0 radical (unpaired) electrons. The van der Waals surface area contributed by atoms with Crippen LogP contribution in [0.5, 0.6) is 0 Å². The summed E-state index contributed by atoms with van der Waals surface area (Å²) in [7, 11) is 1.63. The number of aryl methyl sites for hydroxylation is 1. The first-order valence-electron chi connectivity index (χ1n) is 12.0. The molecule has 182 valence electrons. The number of methoxy groups -OCH3 is 1. The maximum absolute atomic E-state index is 13.4. The molecule has 3 heterocycles. The number of aromatic nitrogens is 5. The largest absolute Gasteiger partial charge is 0.382 e. The van der Waals surface area contributed by atoms with E-state index in [9.17, 15) is 4.79 Å². The molecule has 0 aliphatic heterocycles. The van der Waals surface area contributed by atoms with Crippen molar-refractivity contribution in [3.05, 3.63) is 81.5 Å². The molecule has 1 aliphatic carbocycles. The third-order valence-electron chi connectivity index (χ3n) is 6.35. The van der Waals surface area contributed by atoms with E-state index in [1.165, 1.54) is 11.1 Å². The standard InChI is InChI=1S/C26H30N6O3/c1-3-31-14-20(15-32-16-23(29-30-32)17-35-9-8-34-2)25(33)24-12-22(13-27-26(24)31)28-21-10-18-6-4-5-7-19(18)11-21/h4-7,12-14,16,21,28H,3,8-11,15,17H2,1-2H3. The zero-order chi connectivity index (χ0) is 24.2. The average Bonchev–Trinajstić information content (AvgIpc) is 3.49. The van der Waals surface area contributed by atoms with E-state index in [0.29, 0.717) is 61.2 Å². The molecule has 0 spiro atoms. The van der Waals surface area contributed by atoms with Gasteiger partial charge in [-0.3, -0.25) is 4.79 Å². The Labute approximate surface area is 203 Å². The lowest BCUT2D eigenvalue weighted by Gasteiger charge is -2.15. The van der Waals surface area contributed by atoms with Crippen LogP contribution in [-0.2, 0) is 42.0 Å². The zero-order valence-electron chi connectivity index (χ0n) is 20.1. The number of rotatable bonds is 10. The number of fused-ring (bicyclic) bond motifs is 2. The van der Waals surface area contributed by atoms with Crippen molar-refractivity contribution in [2.75, 3.05) is 25.6 Å². The lowest BCUT2D eigenvalue weighted by molar-refractivity contribution is 0.0601. The van der Waals surface area contributed by atoms with Gasteiger partial charge in [0.2, 0.25) is 0 Å². The smallest absolute Gasteiger partial charge is 0.196 e. The van der Waals surface area contributed by atoms with Gasteiger partial charge in [-0.25, -0.2) is 9.67 Å². The van der Waals surface area contributed by atoms with Crippen LogP contribution in [0, 0.1) is 0 Å². The van der Waals surface area contributed by atoms with Gasteiger partial charge in [0.15, 0.2) is 5.43 Å². The predicted octanol–water partition coefficient (Wildman–Crippen LogP) is 2.80. The molecule has 1 aromatic carbocycles. The normalized spacial score (nSPS) is 13.4. The van der Waals surface area contributed by atoms with E-state index in [1.54, 1.807) is 18.0 Å². The molecule has 4 aromatic rings. The second-order valence-corrected chi connectivity index (χ2v) is 8.84. The van der Waals surface area contributed by atoms with Gasteiger partial charge in [-0.1, -0.05) is 29.5 Å². The van der Waals surface area contributed by atoms with Crippen LogP contribution in [0.4, 0.5) is 5.69 Å². The fraction of sp³-hybridized carbons (Fsp3) is 0.385. The fourth-order valence-corrected chi connectivity index (χ4v) is 4.64. The summed E-state index contributed by atoms with van der Waals surface area (Å²) in [5, 5.41) is 12.5. The lowest BCUT2D eigenvalue weighted by atomic mass is 10.1. The molecule has 0 amide bonds. The second-order valence-electron chi connectivity index (χ2n) is 8.84. The summed E-state index contributed by atoms with van der Waals surface area (Å²) in [4.78, 5) is 18.1. The van der Waals surface area contributed by atoms with Crippen molar-refractivity contribution in [3.8, 4) is 0 Å². The highest BCUT2D eigenvalue weighted by Gasteiger charge is 2.21. The van der Waals surface area contributed by atoms with E-state index in [0.717, 1.165) is 18.5 Å². The Morgan fingerprint density at radius 2 is 1.94 bits per heavy atom. The summed E-state index contributed by atoms with van der Waals surface area (Å²) in [6.45, 7) is 4.45. The maximum atomic E-state index is 13.4. The summed E-state index contributed by atoms with van der Waals surface area (Å²) < 4.78 is 14.2. The van der Waals surface area contributed by atoms with Crippen molar-refractivity contribution in [2.45, 2.75) is 45.5 Å². The first-order chi connectivity index (χ1) is 17.1. The number of nitrogens with zero attached hydrogens (tertiary/aromatic N) is 5. The Balaban J connectivity index is 1.36. The number of nitrogens with one attached hydrogen (secondary N) is 1. The highest BCUT2D eigenvalue weighted by Crippen LogP contribution is 2.25. The Kier molecular flexibility index (Phi) is 6.87. The maximum Gasteiger partial charge on any atom is 0.196 e. The van der Waals surface area contributed by atoms with Crippen LogP contribution >= 0.6 is 0 Å². The molecular weight excluding hydrogens is 444 g/mol. The third-order valence-corrected chi connectivity index (χ3v) is 6.35. The van der Waals surface area contributed by atoms with Gasteiger partial charge in [-0.2, -0.15) is 0 Å². The summed E-state index contributed by atoms with van der Waals surface area (Å²) in [5.74, 6) is 0. The van der Waals surface area contributed by atoms with Gasteiger partial charge in [0.25, 0.3) is 0 Å². The van der Waals surface area contributed by atoms with Gasteiger partial charge in [0.05, 0.1) is 49.8 Å². The van der Waals surface area contributed by atoms with Gasteiger partial charge in [0, 0.05) is 31.5 Å². The number of benzene rings is 1. The molecule has 9 heteroatoms. The van der Waals surface area contributed by atoms with Crippen molar-refractivity contribution in [2.24, 2.45) is 0 Å². The van der Waals surface area contributed by atoms with Gasteiger partial charge in [-0.15, -0.1) is 5.10 Å². The lowest BCUT2D eigenvalue weighted by Crippen LogP contribution is -2.21. The molecule has 1 aliphatic rings. The molecule has 0 saturated heterocycles. The highest BCUT2D eigenvalue weighted by molar-refractivity contribution is 5.79. The van der Waals surface area contributed by atoms with Crippen molar-refractivity contribution < 1.29 is 9.47 Å². The summed E-state index contributed by atoms with van der Waals surface area (Å²) >= 11 is 0. The molecule has 9 nitrogen and oxygen atoms in total. The first-order valence-corrected chi connectivity index (χ1v) is 12.0. The van der Waals surface area contributed by atoms with Crippen LogP contribution in [0.1, 0.15) is 29.3 Å². The average molecular weight is 475 g/mol. The third kappa shape index (κ3) is 5.11. The van der Waals surface area contributed by atoms with Crippen LogP contribution in [0.2, 0.25) is 0 Å². The van der Waals surface area contributed by atoms with Crippen molar-refractivity contribution in [1.82, 2.24) is 24.5 Å². The molecule has 0 fully saturated rings. The van der Waals surface area contributed by atoms with Crippen molar-refractivity contribution >= 4 is 16.7 Å². The minimum absolute atomic E-state index is 0.0380. The molecule has 3 aromatic heterocycles. The molecule has 0 unspecified atom stereocenters. The molecule has 0 atom stereocenters. The first kappa shape index (κ1) is 23.2. The van der Waals surface area contributed by atoms with E-state index in [-0.39, 0.29) is 5.43 Å². The Morgan fingerprint density at radius 1 is 1.14 bits per heavy atom. The molecule has 0 bridgehead atoms. The van der Waals surface area contributed by atoms with Gasteiger partial charge in [-0.05, 0) is 37.0 Å². The van der Waals surface area contributed by atoms with E-state index >= 15 is 0 Å². The van der Waals surface area contributed by atoms with Crippen LogP contribution in [0.25, 0.3) is 11.0 Å². The van der Waals surface area contributed by atoms with Crippen LogP contribution in [0.15, 0.2) is 53.7 Å². The van der Waals surface area contributed by atoms with E-state index in [4.69, 9.17) is 9.47 Å². The molecule has 5 rings (SSSR count). The Morgan fingerprint density at radius 3 is 2.69 bits per heavy atom. The van der Waals surface area contributed by atoms with Crippen molar-refractivity contribution in [3.63, 3.8) is 0 Å². The number of pyridine rings is 2. The monoisotopic (exact) mass is 474 g/mol. The quantitative estimate of drug-likeness (QED) is 0.353. The SMILES string of the molecule is CCn1cc(Cn2cc(COCCOC)nn2)c(=O)c2cc(NC3Cc4ccccc4C3)cnc21. The highest BCUT2D eigenvalue weighted by atomic mass is 16.5. The van der Waals surface area contributed by atoms with Crippen LogP contribution < -0.4 is 10.7 Å². The topological polar surface area (TPSA) is 96.1 Å². The van der Waals surface area contributed by atoms with Crippen molar-refractivity contribution in [1.29, 1.82) is 0 Å². The second kappa shape index (κ2) is 10.4. The summed E-state index contributed by atoms with van der Waals surface area (Å²) in [6.07, 6.45) is 7.44. The minimum Gasteiger partial charge on any atom is -0.382 e. The number of hydrogen-bond acceptors (Lipinski definition) is 7. The molecule has 35 heavy (non-hydrogen) atoms. The number of anilines is 1. The Bertz CT molecular complexity index is 1350. The summed E-state index contributed by atoms with van der Waals surface area (Å²) in [6, 6.07) is 10.8. The predicted molar refractivity (Wildman–Crippen MR) is 134 cm³/mol. The van der Waals surface area contributed by atoms with E-state index < -0.39 is 0 Å². The van der Waals surface area contributed by atoms with Gasteiger partial charge < -0.3 is 19.4 Å². The van der Waals surface area contributed by atoms with Gasteiger partial charge >= 0.3 is 0 Å². The number of ether oxygens (including phenoxy) is 2. The Hall–Kier alpha value is -3.56. The minimum atomic E-state index is -0.0380. The summed E-state index contributed by atoms with van der Waals surface area (Å²) in [5.41, 5.74) is 5.63. The number of hydrogen-bond donors (Lipinski definition) is 1.